The summed E-state index contributed by atoms with van der Waals surface area (Å²) in [7, 11) is 0. The summed E-state index contributed by atoms with van der Waals surface area (Å²) in [5.41, 5.74) is 0. The maximum Gasteiger partial charge on any atom is 1.00 e. The van der Waals surface area contributed by atoms with E-state index in [9.17, 15) is 0 Å². The molecule has 0 heterocycles. The Hall–Kier alpha value is 12.7. The molecule has 71 N–H and O–H groups in total. The van der Waals surface area contributed by atoms with Crippen LogP contribution < -0.4 is 177 Å². The minimum absolute atomic E-state index is 0. The Balaban J connectivity index is 0. The summed E-state index contributed by atoms with van der Waals surface area (Å²) in [4.78, 5) is 0. The van der Waals surface area contributed by atoms with Crippen molar-refractivity contribution in [1.82, 2.24) is 0 Å². The molecule has 58 heavy (non-hydrogen) atoms. The summed E-state index contributed by atoms with van der Waals surface area (Å²) in [6.07, 6.45) is 0. The molecule has 0 saturated carbocycles. The van der Waals surface area contributed by atoms with Crippen LogP contribution in [0.1, 0.15) is 0 Å². The minimum Gasteiger partial charge on any atom is -0.870 e. The summed E-state index contributed by atoms with van der Waals surface area (Å²) < 4.78 is 0. The van der Waals surface area contributed by atoms with E-state index in [4.69, 9.17) is 0 Å². The van der Waals surface area contributed by atoms with Gasteiger partial charge in [0, 0.05) is 253 Å². The van der Waals surface area contributed by atoms with Crippen molar-refractivity contribution in [2.45, 2.75) is 0 Å². The molecule has 0 radical (unpaired) electrons. The maximum atomic E-state index is 0. The second kappa shape index (κ2) is 2050. The molecular formula is H71Na6O40W12-3. The van der Waals surface area contributed by atoms with E-state index >= 15 is 0 Å². The molecule has 0 aliphatic carbocycles. The topological polar surface area (TPSA) is 1250 Å². The largest absolute Gasteiger partial charge is 1.00 e. The zero-order valence-electron chi connectivity index (χ0n) is 30.4. The SMILES string of the molecule is O.O.O.O.O.O.O.O.O.O.O.O.O.O.O.O.O.O.O.O.O.O.O.O.O.O.O.O.O.O.O.[Na+].[Na+].[Na+].[Na+].[Na+].[Na+].[OH-].[OH-].[OH-].[OH-].[OH-].[OH-].[OH-].[OH-].[OH-].[W].[W].[W].[W].[W].[W].[W].[W].[W].[W].[W].[W]. The molecule has 0 rings (SSSR count). The van der Waals surface area contributed by atoms with Gasteiger partial charge in [0.05, 0.1) is 0 Å². The average Bonchev–Trinajstić information content (AvgIpc) is 0. The molecule has 392 valence electrons. The summed E-state index contributed by atoms with van der Waals surface area (Å²) >= 11 is 0. The van der Waals surface area contributed by atoms with Crippen LogP contribution in [0.2, 0.25) is 0 Å². The predicted octanol–water partition coefficient (Wildman–Crippen LogP) is -45.2. The molecule has 0 aliphatic heterocycles. The molecule has 40 nitrogen and oxygen atoms in total. The normalized spacial score (nSPS) is 0. The van der Waals surface area contributed by atoms with Crippen molar-refractivity contribution in [2.24, 2.45) is 0 Å². The smallest absolute Gasteiger partial charge is 0.870 e. The quantitative estimate of drug-likeness (QED) is 0.208. The molecule has 0 bridgehead atoms. The van der Waals surface area contributed by atoms with Gasteiger partial charge in [-0.1, -0.05) is 0 Å². The molecule has 0 fully saturated rings. The van der Waals surface area contributed by atoms with Gasteiger partial charge in [0.1, 0.15) is 0 Å². The fourth-order valence-electron chi connectivity index (χ4n) is 0. The first kappa shape index (κ1) is 2140. The van der Waals surface area contributed by atoms with Crippen molar-refractivity contribution in [3.8, 4) is 0 Å². The maximum absolute atomic E-state index is 0. The van der Waals surface area contributed by atoms with E-state index < -0.39 is 0 Å². The summed E-state index contributed by atoms with van der Waals surface area (Å²) in [5, 5.41) is 0. The Morgan fingerprint density at radius 2 is 0.0690 bits per heavy atom. The molecule has 0 aromatic carbocycles. The molecule has 0 amide bonds. The monoisotopic (exact) mass is 3060 g/mol. The molecule has 0 atom stereocenters. The van der Waals surface area contributed by atoms with Gasteiger partial charge in [-0.2, -0.15) is 0 Å². The van der Waals surface area contributed by atoms with Crippen LogP contribution in [0.25, 0.3) is 0 Å². The number of hydrogen-bond donors (Lipinski definition) is 0. The van der Waals surface area contributed by atoms with Crippen LogP contribution in [0.4, 0.5) is 0 Å². The number of rotatable bonds is 0. The first-order valence-corrected chi connectivity index (χ1v) is 0. The van der Waals surface area contributed by atoms with E-state index in [2.05, 4.69) is 0 Å². The van der Waals surface area contributed by atoms with Crippen molar-refractivity contribution in [2.75, 3.05) is 0 Å². The van der Waals surface area contributed by atoms with Crippen molar-refractivity contribution < 1.29 is 649 Å². The van der Waals surface area contributed by atoms with Gasteiger partial charge in [-0.05, 0) is 0 Å². The second-order valence-electron chi connectivity index (χ2n) is 0. The van der Waals surface area contributed by atoms with Crippen LogP contribution in [-0.2, 0) is 253 Å². The van der Waals surface area contributed by atoms with E-state index in [1.807, 2.05) is 0 Å². The van der Waals surface area contributed by atoms with Gasteiger partial charge in [0.2, 0.25) is 0 Å². The van der Waals surface area contributed by atoms with Crippen molar-refractivity contribution in [3.05, 3.63) is 0 Å². The van der Waals surface area contributed by atoms with Crippen molar-refractivity contribution in [1.29, 1.82) is 0 Å². The first-order valence-electron chi connectivity index (χ1n) is 0. The standard InChI is InChI=1S/6Na.40H2O.12W/h;;;;;;40*1H2;;;;;;;;;;;;/q6*+1;;;;;;;;;;;;;;;;;;;;;;;;;;;;;;;;;;;;;;;;;;;;;;;;;;;;/p-9. The molecule has 0 saturated heterocycles. The van der Waals surface area contributed by atoms with Crippen LogP contribution in [0.5, 0.6) is 0 Å². The first-order chi connectivity index (χ1) is 0. The Morgan fingerprint density at radius 1 is 0.0690 bits per heavy atom. The van der Waals surface area contributed by atoms with Gasteiger partial charge in [-0.15, -0.1) is 0 Å². The molecular weight excluding hydrogens is 2980 g/mol. The third kappa shape index (κ3) is 1960. The summed E-state index contributed by atoms with van der Waals surface area (Å²) in [6.45, 7) is 0. The van der Waals surface area contributed by atoms with E-state index in [0.29, 0.717) is 0 Å². The van der Waals surface area contributed by atoms with Gasteiger partial charge in [-0.25, -0.2) is 0 Å². The third-order valence-corrected chi connectivity index (χ3v) is 0. The van der Waals surface area contributed by atoms with E-state index in [1.165, 1.54) is 0 Å². The molecule has 0 aliphatic rings. The Morgan fingerprint density at radius 3 is 0.0690 bits per heavy atom. The summed E-state index contributed by atoms with van der Waals surface area (Å²) in [6, 6.07) is 0. The zero-order chi connectivity index (χ0) is 0. The van der Waals surface area contributed by atoms with Gasteiger partial charge in [0.15, 0.2) is 0 Å². The van der Waals surface area contributed by atoms with Gasteiger partial charge in [-0.3, -0.25) is 0 Å². The predicted molar refractivity (Wildman–Crippen MR) is 129 cm³/mol. The van der Waals surface area contributed by atoms with Crippen molar-refractivity contribution in [3.63, 3.8) is 0 Å². The van der Waals surface area contributed by atoms with E-state index in [1.54, 1.807) is 0 Å². The Labute approximate surface area is 636 Å². The zero-order valence-corrected chi connectivity index (χ0v) is 77.6. The second-order valence-corrected chi connectivity index (χ2v) is 0. The van der Waals surface area contributed by atoms with E-state index in [0.717, 1.165) is 0 Å². The average molecular weight is 3060 g/mol. The van der Waals surface area contributed by atoms with E-state index in [-0.39, 0.29) is 649 Å². The fraction of sp³-hybridized carbons (Fsp3) is 0. The minimum atomic E-state index is 0. The van der Waals surface area contributed by atoms with Crippen LogP contribution >= 0.6 is 0 Å². The van der Waals surface area contributed by atoms with Crippen LogP contribution in [0, 0.1) is 0 Å². The van der Waals surface area contributed by atoms with Gasteiger partial charge >= 0.3 is 177 Å². The Kier molecular flexibility index (Phi) is 75600. The molecule has 0 spiro atoms. The van der Waals surface area contributed by atoms with Gasteiger partial charge < -0.3 is 219 Å². The van der Waals surface area contributed by atoms with Crippen LogP contribution in [0.3, 0.4) is 0 Å². The van der Waals surface area contributed by atoms with Crippen molar-refractivity contribution >= 4 is 0 Å². The third-order valence-electron chi connectivity index (χ3n) is 0. The molecule has 0 aromatic rings. The Bertz CT molecular complexity index is 68.4. The molecule has 58 heteroatoms. The molecule has 0 aromatic heterocycles. The van der Waals surface area contributed by atoms with Crippen LogP contribution in [0.15, 0.2) is 0 Å². The van der Waals surface area contributed by atoms with Crippen LogP contribution in [-0.4, -0.2) is 219 Å². The fourth-order valence-corrected chi connectivity index (χ4v) is 0. The summed E-state index contributed by atoms with van der Waals surface area (Å²) in [5.74, 6) is 0. The van der Waals surface area contributed by atoms with Gasteiger partial charge in [0.25, 0.3) is 0 Å². The number of hydrogen-bond acceptors (Lipinski definition) is 9. The molecule has 0 unspecified atom stereocenters.